The van der Waals surface area contributed by atoms with Gasteiger partial charge >= 0.3 is 0 Å². The summed E-state index contributed by atoms with van der Waals surface area (Å²) >= 11 is 0. The van der Waals surface area contributed by atoms with Gasteiger partial charge in [0, 0.05) is 6.20 Å². The molecule has 1 aliphatic carbocycles. The summed E-state index contributed by atoms with van der Waals surface area (Å²) in [5.41, 5.74) is 9.73. The van der Waals surface area contributed by atoms with Crippen LogP contribution in [0.3, 0.4) is 0 Å². The Hall–Kier alpha value is -1.67. The first-order chi connectivity index (χ1) is 8.78. The summed E-state index contributed by atoms with van der Waals surface area (Å²) in [6, 6.07) is 14.6. The largest absolute Gasteiger partial charge is 0.320 e. The van der Waals surface area contributed by atoms with Crippen LogP contribution in [0.25, 0.3) is 11.1 Å². The van der Waals surface area contributed by atoms with E-state index in [-0.39, 0.29) is 5.54 Å². The van der Waals surface area contributed by atoms with E-state index in [1.165, 1.54) is 24.0 Å². The van der Waals surface area contributed by atoms with Crippen molar-refractivity contribution in [1.82, 2.24) is 4.98 Å². The Kier molecular flexibility index (Phi) is 2.88. The second-order valence-corrected chi connectivity index (χ2v) is 5.16. The number of hydrogen-bond donors (Lipinski definition) is 1. The Labute approximate surface area is 108 Å². The third-order valence-electron chi connectivity index (χ3n) is 3.87. The van der Waals surface area contributed by atoms with Gasteiger partial charge in [0.1, 0.15) is 0 Å². The van der Waals surface area contributed by atoms with Crippen LogP contribution < -0.4 is 5.73 Å². The van der Waals surface area contributed by atoms with Gasteiger partial charge in [-0.1, -0.05) is 43.2 Å². The Bertz CT molecular complexity index is 528. The Morgan fingerprint density at radius 1 is 0.944 bits per heavy atom. The average Bonchev–Trinajstić information content (AvgIpc) is 2.88. The molecule has 2 nitrogen and oxygen atoms in total. The first-order valence-electron chi connectivity index (χ1n) is 6.59. The van der Waals surface area contributed by atoms with Crippen molar-refractivity contribution in [2.45, 2.75) is 31.2 Å². The highest BCUT2D eigenvalue weighted by atomic mass is 14.8. The van der Waals surface area contributed by atoms with Crippen LogP contribution in [0.2, 0.25) is 0 Å². The second-order valence-electron chi connectivity index (χ2n) is 5.16. The van der Waals surface area contributed by atoms with E-state index in [2.05, 4.69) is 41.4 Å². The van der Waals surface area contributed by atoms with Crippen LogP contribution in [-0.4, -0.2) is 4.98 Å². The fourth-order valence-electron chi connectivity index (χ4n) is 2.78. The number of aromatic nitrogens is 1. The lowest BCUT2D eigenvalue weighted by Crippen LogP contribution is -2.34. The minimum atomic E-state index is -0.204. The van der Waals surface area contributed by atoms with Gasteiger partial charge in [0.25, 0.3) is 0 Å². The van der Waals surface area contributed by atoms with Crippen LogP contribution in [0.15, 0.2) is 48.7 Å². The molecule has 2 heteroatoms. The Balaban J connectivity index is 1.99. The fraction of sp³-hybridized carbons (Fsp3) is 0.312. The van der Waals surface area contributed by atoms with Crippen molar-refractivity contribution >= 4 is 0 Å². The molecule has 1 aliphatic rings. The van der Waals surface area contributed by atoms with E-state index >= 15 is 0 Å². The molecule has 0 unspecified atom stereocenters. The first-order valence-corrected chi connectivity index (χ1v) is 6.59. The van der Waals surface area contributed by atoms with Gasteiger partial charge in [-0.25, -0.2) is 0 Å². The lowest BCUT2D eigenvalue weighted by atomic mass is 9.92. The predicted molar refractivity (Wildman–Crippen MR) is 74.0 cm³/mol. The van der Waals surface area contributed by atoms with Crippen molar-refractivity contribution in [2.75, 3.05) is 0 Å². The van der Waals surface area contributed by atoms with Crippen molar-refractivity contribution in [3.63, 3.8) is 0 Å². The highest BCUT2D eigenvalue weighted by Crippen LogP contribution is 2.36. The van der Waals surface area contributed by atoms with E-state index in [4.69, 9.17) is 5.73 Å². The number of nitrogens with two attached hydrogens (primary N) is 1. The zero-order chi connectivity index (χ0) is 12.4. The van der Waals surface area contributed by atoms with Crippen molar-refractivity contribution in [3.8, 4) is 11.1 Å². The van der Waals surface area contributed by atoms with Gasteiger partial charge in [-0.3, -0.25) is 4.98 Å². The number of nitrogens with zero attached hydrogens (tertiary/aromatic N) is 1. The maximum atomic E-state index is 6.46. The smallest absolute Gasteiger partial charge is 0.0608 e. The van der Waals surface area contributed by atoms with Crippen LogP contribution >= 0.6 is 0 Å². The third kappa shape index (κ3) is 2.04. The minimum Gasteiger partial charge on any atom is -0.320 e. The molecule has 0 spiro atoms. The molecule has 1 heterocycles. The molecule has 0 saturated heterocycles. The van der Waals surface area contributed by atoms with Crippen LogP contribution in [0.5, 0.6) is 0 Å². The number of rotatable bonds is 2. The zero-order valence-corrected chi connectivity index (χ0v) is 10.5. The molecule has 92 valence electrons. The normalized spacial score (nSPS) is 17.8. The van der Waals surface area contributed by atoms with Crippen molar-refractivity contribution in [3.05, 3.63) is 54.4 Å². The molecular weight excluding hydrogens is 220 g/mol. The van der Waals surface area contributed by atoms with Gasteiger partial charge in [0.15, 0.2) is 0 Å². The Morgan fingerprint density at radius 3 is 2.39 bits per heavy atom. The second kappa shape index (κ2) is 4.54. The van der Waals surface area contributed by atoms with Gasteiger partial charge in [0.2, 0.25) is 0 Å². The highest BCUT2D eigenvalue weighted by molar-refractivity contribution is 5.63. The fourth-order valence-corrected chi connectivity index (χ4v) is 2.78. The summed E-state index contributed by atoms with van der Waals surface area (Å²) in [6.07, 6.45) is 6.42. The van der Waals surface area contributed by atoms with Crippen LogP contribution in [-0.2, 0) is 5.54 Å². The van der Waals surface area contributed by atoms with Crippen LogP contribution in [0, 0.1) is 0 Å². The standard InChI is InChI=1S/C16H18N2/c17-16(9-4-5-10-16)15-12-14(8-11-18-15)13-6-2-1-3-7-13/h1-3,6-8,11-12H,4-5,9-10,17H2. The van der Waals surface area contributed by atoms with E-state index in [1.54, 1.807) is 0 Å². The van der Waals surface area contributed by atoms with Crippen molar-refractivity contribution < 1.29 is 0 Å². The predicted octanol–water partition coefficient (Wildman–Crippen LogP) is 3.48. The molecule has 1 fully saturated rings. The van der Waals surface area contributed by atoms with E-state index < -0.39 is 0 Å². The van der Waals surface area contributed by atoms with Gasteiger partial charge in [-0.2, -0.15) is 0 Å². The lowest BCUT2D eigenvalue weighted by molar-refractivity contribution is 0.447. The highest BCUT2D eigenvalue weighted by Gasteiger charge is 2.32. The monoisotopic (exact) mass is 238 g/mol. The van der Waals surface area contributed by atoms with E-state index in [0.29, 0.717) is 0 Å². The van der Waals surface area contributed by atoms with Gasteiger partial charge in [-0.15, -0.1) is 0 Å². The molecule has 2 aromatic rings. The van der Waals surface area contributed by atoms with E-state index in [9.17, 15) is 0 Å². The summed E-state index contributed by atoms with van der Waals surface area (Å²) in [4.78, 5) is 4.49. The summed E-state index contributed by atoms with van der Waals surface area (Å²) < 4.78 is 0. The van der Waals surface area contributed by atoms with E-state index in [0.717, 1.165) is 18.5 Å². The Morgan fingerprint density at radius 2 is 1.67 bits per heavy atom. The summed E-state index contributed by atoms with van der Waals surface area (Å²) in [6.45, 7) is 0. The molecular formula is C16H18N2. The van der Waals surface area contributed by atoms with Gasteiger partial charge < -0.3 is 5.73 Å². The number of pyridine rings is 1. The quantitative estimate of drug-likeness (QED) is 0.870. The topological polar surface area (TPSA) is 38.9 Å². The molecule has 2 N–H and O–H groups in total. The molecule has 18 heavy (non-hydrogen) atoms. The van der Waals surface area contributed by atoms with Gasteiger partial charge in [-0.05, 0) is 36.1 Å². The maximum Gasteiger partial charge on any atom is 0.0608 e. The minimum absolute atomic E-state index is 0.204. The third-order valence-corrected chi connectivity index (χ3v) is 3.87. The lowest BCUT2D eigenvalue weighted by Gasteiger charge is -2.23. The molecule has 1 aromatic carbocycles. The van der Waals surface area contributed by atoms with E-state index in [1.807, 2.05) is 12.3 Å². The van der Waals surface area contributed by atoms with Crippen LogP contribution in [0.1, 0.15) is 31.4 Å². The average molecular weight is 238 g/mol. The van der Waals surface area contributed by atoms with Crippen LogP contribution in [0.4, 0.5) is 0 Å². The summed E-state index contributed by atoms with van der Waals surface area (Å²) in [5, 5.41) is 0. The first kappa shape index (κ1) is 11.4. The molecule has 0 bridgehead atoms. The molecule has 0 aliphatic heterocycles. The molecule has 0 amide bonds. The van der Waals surface area contributed by atoms with Crippen molar-refractivity contribution in [1.29, 1.82) is 0 Å². The molecule has 3 rings (SSSR count). The molecule has 1 aromatic heterocycles. The SMILES string of the molecule is NC1(c2cc(-c3ccccc3)ccn2)CCCC1. The zero-order valence-electron chi connectivity index (χ0n) is 10.5. The molecule has 0 atom stereocenters. The van der Waals surface area contributed by atoms with Gasteiger partial charge in [0.05, 0.1) is 11.2 Å². The molecule has 1 saturated carbocycles. The summed E-state index contributed by atoms with van der Waals surface area (Å²) in [5.74, 6) is 0. The number of benzene rings is 1. The number of hydrogen-bond acceptors (Lipinski definition) is 2. The van der Waals surface area contributed by atoms with Crippen molar-refractivity contribution in [2.24, 2.45) is 5.73 Å². The molecule has 0 radical (unpaired) electrons. The maximum absolute atomic E-state index is 6.46. The summed E-state index contributed by atoms with van der Waals surface area (Å²) in [7, 11) is 0.